The van der Waals surface area contributed by atoms with E-state index in [9.17, 15) is 9.59 Å². The Morgan fingerprint density at radius 3 is 2.56 bits per heavy atom. The first-order valence-electron chi connectivity index (χ1n) is 11.4. The number of aromatic nitrogens is 2. The summed E-state index contributed by atoms with van der Waals surface area (Å²) < 4.78 is 10.6. The van der Waals surface area contributed by atoms with E-state index in [0.717, 1.165) is 26.9 Å². The Hall–Kier alpha value is -3.98. The van der Waals surface area contributed by atoms with Crippen LogP contribution >= 0.6 is 11.3 Å². The Balaban J connectivity index is 1.50. The third-order valence-corrected chi connectivity index (χ3v) is 6.14. The maximum Gasteiger partial charge on any atom is 0.408 e. The first kappa shape index (κ1) is 25.1. The highest BCUT2D eigenvalue weighted by atomic mass is 32.1. The van der Waals surface area contributed by atoms with E-state index in [1.165, 1.54) is 11.3 Å². The van der Waals surface area contributed by atoms with Gasteiger partial charge in [-0.25, -0.2) is 9.78 Å². The van der Waals surface area contributed by atoms with Crippen molar-refractivity contribution in [1.82, 2.24) is 15.3 Å². The van der Waals surface area contributed by atoms with Gasteiger partial charge < -0.3 is 20.1 Å². The van der Waals surface area contributed by atoms with Crippen LogP contribution in [0.5, 0.6) is 5.75 Å². The Bertz CT molecular complexity index is 1360. The number of thiazole rings is 1. The maximum absolute atomic E-state index is 13.2. The maximum atomic E-state index is 13.2. The summed E-state index contributed by atoms with van der Waals surface area (Å²) in [6.07, 6.45) is 3.17. The molecule has 2 heterocycles. The van der Waals surface area contributed by atoms with Crippen molar-refractivity contribution in [2.75, 3.05) is 12.4 Å². The van der Waals surface area contributed by atoms with Crippen molar-refractivity contribution in [1.29, 1.82) is 0 Å². The summed E-state index contributed by atoms with van der Waals surface area (Å²) in [5, 5.41) is 10.2. The molecule has 2 aromatic heterocycles. The lowest BCUT2D eigenvalue weighted by Crippen LogP contribution is -2.47. The van der Waals surface area contributed by atoms with Gasteiger partial charge >= 0.3 is 6.09 Å². The number of hydrogen-bond acceptors (Lipinski definition) is 7. The summed E-state index contributed by atoms with van der Waals surface area (Å²) in [6.45, 7) is 5.31. The normalized spacial score (nSPS) is 12.1. The van der Waals surface area contributed by atoms with E-state index in [1.807, 2.05) is 54.7 Å². The SMILES string of the molecule is COc1ccc(C[C@H](NC(=O)OC(C)(C)C)C(=O)Nc2csc(-c3ccc4cnccc4c3)n2)cc1. The van der Waals surface area contributed by atoms with E-state index < -0.39 is 23.6 Å². The minimum Gasteiger partial charge on any atom is -0.497 e. The third-order valence-electron chi connectivity index (χ3n) is 5.25. The summed E-state index contributed by atoms with van der Waals surface area (Å²) in [5.74, 6) is 0.735. The van der Waals surface area contributed by atoms with E-state index in [-0.39, 0.29) is 6.42 Å². The molecule has 0 spiro atoms. The lowest BCUT2D eigenvalue weighted by atomic mass is 10.1. The van der Waals surface area contributed by atoms with Crippen molar-refractivity contribution >= 4 is 39.9 Å². The Kier molecular flexibility index (Phi) is 7.49. The van der Waals surface area contributed by atoms with Crippen LogP contribution in [-0.4, -0.2) is 40.7 Å². The van der Waals surface area contributed by atoms with Gasteiger partial charge in [0.1, 0.15) is 28.2 Å². The summed E-state index contributed by atoms with van der Waals surface area (Å²) >= 11 is 1.43. The van der Waals surface area contributed by atoms with Crippen LogP contribution in [0.4, 0.5) is 10.6 Å². The Morgan fingerprint density at radius 2 is 1.83 bits per heavy atom. The highest BCUT2D eigenvalue weighted by molar-refractivity contribution is 7.13. The van der Waals surface area contributed by atoms with E-state index >= 15 is 0 Å². The number of benzene rings is 2. The van der Waals surface area contributed by atoms with Gasteiger partial charge in [0.05, 0.1) is 7.11 Å². The van der Waals surface area contributed by atoms with Gasteiger partial charge in [-0.2, -0.15) is 0 Å². The number of methoxy groups -OCH3 is 1. The second-order valence-electron chi connectivity index (χ2n) is 9.22. The molecular weight excluding hydrogens is 476 g/mol. The zero-order valence-corrected chi connectivity index (χ0v) is 21.4. The molecular formula is C27H28N4O4S. The fraction of sp³-hybridized carbons (Fsp3) is 0.259. The molecule has 0 aliphatic heterocycles. The number of fused-ring (bicyclic) bond motifs is 1. The zero-order valence-electron chi connectivity index (χ0n) is 20.6. The first-order valence-corrected chi connectivity index (χ1v) is 12.3. The number of anilines is 1. The second-order valence-corrected chi connectivity index (χ2v) is 10.1. The van der Waals surface area contributed by atoms with E-state index in [2.05, 4.69) is 20.6 Å². The predicted octanol–water partition coefficient (Wildman–Crippen LogP) is 5.44. The smallest absolute Gasteiger partial charge is 0.408 e. The van der Waals surface area contributed by atoms with Crippen LogP contribution in [0.25, 0.3) is 21.3 Å². The molecule has 0 fully saturated rings. The molecule has 2 aromatic carbocycles. The fourth-order valence-corrected chi connectivity index (χ4v) is 4.30. The number of nitrogens with one attached hydrogen (secondary N) is 2. The highest BCUT2D eigenvalue weighted by Gasteiger charge is 2.25. The van der Waals surface area contributed by atoms with Gasteiger partial charge in [0.15, 0.2) is 0 Å². The zero-order chi connectivity index (χ0) is 25.7. The molecule has 36 heavy (non-hydrogen) atoms. The first-order chi connectivity index (χ1) is 17.2. The van der Waals surface area contributed by atoms with Crippen molar-refractivity contribution in [2.45, 2.75) is 38.8 Å². The number of ether oxygens (including phenoxy) is 2. The van der Waals surface area contributed by atoms with Crippen LogP contribution in [-0.2, 0) is 16.0 Å². The van der Waals surface area contributed by atoms with E-state index in [0.29, 0.717) is 11.6 Å². The standard InChI is InChI=1S/C27H28N4O4S/c1-27(2,3)35-26(33)29-22(13-17-5-9-21(34-4)10-6-17)24(32)30-23-16-36-25(31-23)19-7-8-20-15-28-12-11-18(20)14-19/h5-12,14-16,22H,13H2,1-4H3,(H,29,33)(H,30,32)/t22-/m0/s1. The fourth-order valence-electron chi connectivity index (χ4n) is 3.55. The lowest BCUT2D eigenvalue weighted by Gasteiger charge is -2.23. The Labute approximate surface area is 213 Å². The van der Waals surface area contributed by atoms with Crippen LogP contribution in [0.3, 0.4) is 0 Å². The number of alkyl carbamates (subject to hydrolysis) is 1. The monoisotopic (exact) mass is 504 g/mol. The molecule has 0 saturated heterocycles. The molecule has 0 bridgehead atoms. The summed E-state index contributed by atoms with van der Waals surface area (Å²) in [5.41, 5.74) is 1.11. The molecule has 186 valence electrons. The molecule has 4 aromatic rings. The van der Waals surface area contributed by atoms with Crippen LogP contribution in [0, 0.1) is 0 Å². The van der Waals surface area contributed by atoms with Crippen molar-refractivity contribution in [2.24, 2.45) is 0 Å². The molecule has 2 N–H and O–H groups in total. The molecule has 0 aliphatic carbocycles. The number of nitrogens with zero attached hydrogens (tertiary/aromatic N) is 2. The topological polar surface area (TPSA) is 102 Å². The van der Waals surface area contributed by atoms with Crippen LogP contribution in [0.1, 0.15) is 26.3 Å². The van der Waals surface area contributed by atoms with Crippen molar-refractivity contribution in [3.63, 3.8) is 0 Å². The molecule has 8 nitrogen and oxygen atoms in total. The van der Waals surface area contributed by atoms with Gasteiger partial charge in [-0.05, 0) is 56.0 Å². The number of rotatable bonds is 7. The van der Waals surface area contributed by atoms with E-state index in [1.54, 1.807) is 39.5 Å². The van der Waals surface area contributed by atoms with Gasteiger partial charge in [0.25, 0.3) is 0 Å². The minimum absolute atomic E-state index is 0.269. The van der Waals surface area contributed by atoms with Crippen molar-refractivity contribution in [3.8, 4) is 16.3 Å². The summed E-state index contributed by atoms with van der Waals surface area (Å²) in [7, 11) is 1.59. The quantitative estimate of drug-likeness (QED) is 0.347. The number of hydrogen-bond donors (Lipinski definition) is 2. The van der Waals surface area contributed by atoms with Crippen LogP contribution < -0.4 is 15.4 Å². The summed E-state index contributed by atoms with van der Waals surface area (Å²) in [4.78, 5) is 34.4. The molecule has 0 radical (unpaired) electrons. The van der Waals surface area contributed by atoms with Gasteiger partial charge in [-0.3, -0.25) is 9.78 Å². The number of carbonyl (C=O) groups excluding carboxylic acids is 2. The van der Waals surface area contributed by atoms with Crippen molar-refractivity contribution < 1.29 is 19.1 Å². The van der Waals surface area contributed by atoms with Gasteiger partial charge in [-0.15, -0.1) is 11.3 Å². The average molecular weight is 505 g/mol. The molecule has 2 amide bonds. The largest absolute Gasteiger partial charge is 0.497 e. The molecule has 0 saturated carbocycles. The minimum atomic E-state index is -0.869. The van der Waals surface area contributed by atoms with Gasteiger partial charge in [0.2, 0.25) is 5.91 Å². The number of amides is 2. The van der Waals surface area contributed by atoms with Gasteiger partial charge in [0, 0.05) is 35.1 Å². The average Bonchev–Trinajstić information content (AvgIpc) is 3.31. The number of pyridine rings is 1. The number of carbonyl (C=O) groups is 2. The molecule has 0 aliphatic rings. The predicted molar refractivity (Wildman–Crippen MR) is 141 cm³/mol. The van der Waals surface area contributed by atoms with Gasteiger partial charge in [-0.1, -0.05) is 24.3 Å². The lowest BCUT2D eigenvalue weighted by molar-refractivity contribution is -0.118. The van der Waals surface area contributed by atoms with Crippen LogP contribution in [0.2, 0.25) is 0 Å². The third kappa shape index (κ3) is 6.57. The molecule has 1 atom stereocenters. The second kappa shape index (κ2) is 10.7. The Morgan fingerprint density at radius 1 is 1.06 bits per heavy atom. The van der Waals surface area contributed by atoms with E-state index in [4.69, 9.17) is 9.47 Å². The van der Waals surface area contributed by atoms with Crippen LogP contribution in [0.15, 0.2) is 66.3 Å². The summed E-state index contributed by atoms with van der Waals surface area (Å²) in [6, 6.07) is 14.4. The van der Waals surface area contributed by atoms with Crippen molar-refractivity contribution in [3.05, 3.63) is 71.9 Å². The molecule has 4 rings (SSSR count). The molecule has 9 heteroatoms. The highest BCUT2D eigenvalue weighted by Crippen LogP contribution is 2.28. The molecule has 0 unspecified atom stereocenters.